The number of anilines is 1. The number of amides is 1. The van der Waals surface area contributed by atoms with E-state index in [9.17, 15) is 9.59 Å². The van der Waals surface area contributed by atoms with Crippen LogP contribution in [0.3, 0.4) is 0 Å². The SMILES string of the molecule is CCOC(=O)C1=C(C)N(c2ccccc2)C(=O)/C1=C/c1cccc(OC)c1OC. The lowest BCUT2D eigenvalue weighted by molar-refractivity contribution is -0.138. The number of ether oxygens (including phenoxy) is 3. The molecule has 0 radical (unpaired) electrons. The van der Waals surface area contributed by atoms with Crippen LogP contribution >= 0.6 is 0 Å². The van der Waals surface area contributed by atoms with Crippen molar-refractivity contribution in [2.75, 3.05) is 25.7 Å². The van der Waals surface area contributed by atoms with E-state index in [1.165, 1.54) is 12.0 Å². The third-order valence-corrected chi connectivity index (χ3v) is 4.63. The Labute approximate surface area is 170 Å². The number of hydrogen-bond donors (Lipinski definition) is 0. The number of esters is 1. The first kappa shape index (κ1) is 20.2. The van der Waals surface area contributed by atoms with Gasteiger partial charge in [0.25, 0.3) is 5.91 Å². The topological polar surface area (TPSA) is 65.1 Å². The molecule has 0 unspecified atom stereocenters. The van der Waals surface area contributed by atoms with Crippen LogP contribution in [0.15, 0.2) is 65.4 Å². The van der Waals surface area contributed by atoms with E-state index in [2.05, 4.69) is 0 Å². The molecule has 1 heterocycles. The number of benzene rings is 2. The summed E-state index contributed by atoms with van der Waals surface area (Å²) in [6.45, 7) is 3.68. The molecule has 150 valence electrons. The molecule has 0 saturated heterocycles. The Balaban J connectivity index is 2.18. The maximum atomic E-state index is 13.3. The number of carbonyl (C=O) groups excluding carboxylic acids is 2. The van der Waals surface area contributed by atoms with E-state index in [0.717, 1.165) is 0 Å². The Hall–Kier alpha value is -3.54. The molecule has 0 spiro atoms. The van der Waals surface area contributed by atoms with Crippen molar-refractivity contribution in [2.24, 2.45) is 0 Å². The van der Waals surface area contributed by atoms with Crippen LogP contribution in [-0.2, 0) is 14.3 Å². The number of carbonyl (C=O) groups is 2. The van der Waals surface area contributed by atoms with Crippen LogP contribution in [0.5, 0.6) is 11.5 Å². The van der Waals surface area contributed by atoms with Crippen molar-refractivity contribution in [3.63, 3.8) is 0 Å². The molecular weight excluding hydrogens is 370 g/mol. The molecule has 1 amide bonds. The molecule has 0 fully saturated rings. The van der Waals surface area contributed by atoms with Gasteiger partial charge in [-0.15, -0.1) is 0 Å². The summed E-state index contributed by atoms with van der Waals surface area (Å²) < 4.78 is 16.0. The summed E-state index contributed by atoms with van der Waals surface area (Å²) in [7, 11) is 3.07. The van der Waals surface area contributed by atoms with Gasteiger partial charge in [0.1, 0.15) is 0 Å². The predicted molar refractivity (Wildman–Crippen MR) is 111 cm³/mol. The van der Waals surface area contributed by atoms with Crippen LogP contribution in [0, 0.1) is 0 Å². The van der Waals surface area contributed by atoms with Gasteiger partial charge >= 0.3 is 5.97 Å². The molecule has 6 heteroatoms. The van der Waals surface area contributed by atoms with Crippen molar-refractivity contribution in [1.29, 1.82) is 0 Å². The summed E-state index contributed by atoms with van der Waals surface area (Å²) in [6, 6.07) is 14.5. The molecule has 0 N–H and O–H groups in total. The summed E-state index contributed by atoms with van der Waals surface area (Å²) in [5, 5.41) is 0. The average Bonchev–Trinajstić information content (AvgIpc) is 2.98. The fourth-order valence-corrected chi connectivity index (χ4v) is 3.35. The van der Waals surface area contributed by atoms with Gasteiger partial charge in [0.2, 0.25) is 0 Å². The minimum atomic E-state index is -0.537. The molecule has 1 aliphatic rings. The molecule has 0 saturated carbocycles. The Bertz CT molecular complexity index is 992. The van der Waals surface area contributed by atoms with Crippen molar-refractivity contribution in [3.8, 4) is 11.5 Å². The van der Waals surface area contributed by atoms with Crippen LogP contribution in [0.1, 0.15) is 19.4 Å². The highest BCUT2D eigenvalue weighted by molar-refractivity contribution is 6.24. The molecule has 2 aromatic rings. The Morgan fingerprint density at radius 3 is 2.38 bits per heavy atom. The fraction of sp³-hybridized carbons (Fsp3) is 0.217. The maximum Gasteiger partial charge on any atom is 0.340 e. The zero-order valence-corrected chi connectivity index (χ0v) is 16.9. The van der Waals surface area contributed by atoms with Gasteiger partial charge in [-0.1, -0.05) is 30.3 Å². The summed E-state index contributed by atoms with van der Waals surface area (Å²) in [4.78, 5) is 27.5. The second-order valence-corrected chi connectivity index (χ2v) is 6.30. The van der Waals surface area contributed by atoms with Gasteiger partial charge in [0.15, 0.2) is 11.5 Å². The lowest BCUT2D eigenvalue weighted by Gasteiger charge is -2.17. The van der Waals surface area contributed by atoms with E-state index < -0.39 is 5.97 Å². The van der Waals surface area contributed by atoms with E-state index in [0.29, 0.717) is 28.4 Å². The second kappa shape index (κ2) is 8.65. The van der Waals surface area contributed by atoms with Gasteiger partial charge in [-0.25, -0.2) is 4.79 Å². The predicted octanol–water partition coefficient (Wildman–Crippen LogP) is 3.97. The number of hydrogen-bond acceptors (Lipinski definition) is 5. The minimum absolute atomic E-state index is 0.213. The number of methoxy groups -OCH3 is 2. The van der Waals surface area contributed by atoms with E-state index in [1.807, 2.05) is 30.3 Å². The van der Waals surface area contributed by atoms with E-state index in [1.54, 1.807) is 45.2 Å². The molecule has 3 rings (SSSR count). The lowest BCUT2D eigenvalue weighted by atomic mass is 10.0. The highest BCUT2D eigenvalue weighted by Crippen LogP contribution is 2.38. The largest absolute Gasteiger partial charge is 0.493 e. The Morgan fingerprint density at radius 1 is 1.03 bits per heavy atom. The first-order valence-corrected chi connectivity index (χ1v) is 9.24. The van der Waals surface area contributed by atoms with Crippen LogP contribution in [0.25, 0.3) is 6.08 Å². The summed E-state index contributed by atoms with van der Waals surface area (Å²) in [5.74, 6) is 0.173. The fourth-order valence-electron chi connectivity index (χ4n) is 3.35. The Kier molecular flexibility index (Phi) is 6.02. The standard InChI is InChI=1S/C23H23NO5/c1-5-29-23(26)20-15(2)24(17-11-7-6-8-12-17)22(25)18(20)14-16-10-9-13-19(27-3)21(16)28-4/h6-14H,5H2,1-4H3/b18-14+. The van der Waals surface area contributed by atoms with E-state index in [4.69, 9.17) is 14.2 Å². The van der Waals surface area contributed by atoms with Crippen LogP contribution in [-0.4, -0.2) is 32.7 Å². The van der Waals surface area contributed by atoms with Gasteiger partial charge in [-0.2, -0.15) is 0 Å². The third-order valence-electron chi connectivity index (χ3n) is 4.63. The summed E-state index contributed by atoms with van der Waals surface area (Å²) >= 11 is 0. The molecular formula is C23H23NO5. The van der Waals surface area contributed by atoms with E-state index in [-0.39, 0.29) is 23.7 Å². The second-order valence-electron chi connectivity index (χ2n) is 6.30. The molecule has 1 aliphatic heterocycles. The summed E-state index contributed by atoms with van der Waals surface area (Å²) in [6.07, 6.45) is 1.64. The minimum Gasteiger partial charge on any atom is -0.493 e. The molecule has 0 aliphatic carbocycles. The first-order chi connectivity index (χ1) is 14.0. The molecule has 29 heavy (non-hydrogen) atoms. The monoisotopic (exact) mass is 393 g/mol. The molecule has 0 atom stereocenters. The number of rotatable bonds is 6. The zero-order valence-electron chi connectivity index (χ0n) is 16.9. The van der Waals surface area contributed by atoms with Crippen LogP contribution < -0.4 is 14.4 Å². The first-order valence-electron chi connectivity index (χ1n) is 9.24. The van der Waals surface area contributed by atoms with Crippen molar-refractivity contribution < 1.29 is 23.8 Å². The highest BCUT2D eigenvalue weighted by Gasteiger charge is 2.38. The van der Waals surface area contributed by atoms with Crippen molar-refractivity contribution in [2.45, 2.75) is 13.8 Å². The van der Waals surface area contributed by atoms with E-state index >= 15 is 0 Å². The molecule has 2 aromatic carbocycles. The maximum absolute atomic E-state index is 13.3. The number of para-hydroxylation sites is 2. The van der Waals surface area contributed by atoms with Gasteiger partial charge in [0.05, 0.1) is 32.0 Å². The highest BCUT2D eigenvalue weighted by atomic mass is 16.5. The Morgan fingerprint density at radius 2 is 1.76 bits per heavy atom. The van der Waals surface area contributed by atoms with Crippen molar-refractivity contribution >= 4 is 23.6 Å². The third kappa shape index (κ3) is 3.74. The molecule has 0 aromatic heterocycles. The smallest absolute Gasteiger partial charge is 0.340 e. The van der Waals surface area contributed by atoms with Crippen molar-refractivity contribution in [3.05, 3.63) is 70.9 Å². The molecule has 6 nitrogen and oxygen atoms in total. The normalized spacial score (nSPS) is 15.1. The quantitative estimate of drug-likeness (QED) is 0.549. The zero-order chi connectivity index (χ0) is 21.0. The van der Waals surface area contributed by atoms with Crippen LogP contribution in [0.2, 0.25) is 0 Å². The average molecular weight is 393 g/mol. The summed E-state index contributed by atoms with van der Waals surface area (Å²) in [5.41, 5.74) is 2.31. The van der Waals surface area contributed by atoms with Gasteiger partial charge in [-0.05, 0) is 38.1 Å². The van der Waals surface area contributed by atoms with Gasteiger partial charge in [0, 0.05) is 16.9 Å². The van der Waals surface area contributed by atoms with Gasteiger partial charge in [-0.3, -0.25) is 9.69 Å². The number of nitrogens with zero attached hydrogens (tertiary/aromatic N) is 1. The number of allylic oxidation sites excluding steroid dienone is 1. The van der Waals surface area contributed by atoms with Crippen molar-refractivity contribution in [1.82, 2.24) is 0 Å². The van der Waals surface area contributed by atoms with Gasteiger partial charge < -0.3 is 14.2 Å². The lowest BCUT2D eigenvalue weighted by Crippen LogP contribution is -2.24. The van der Waals surface area contributed by atoms with Crippen LogP contribution in [0.4, 0.5) is 5.69 Å². The molecule has 0 bridgehead atoms.